The Morgan fingerprint density at radius 2 is 2.04 bits per heavy atom. The van der Waals surface area contributed by atoms with Gasteiger partial charge in [0.1, 0.15) is 0 Å². The van der Waals surface area contributed by atoms with Crippen LogP contribution in [0.3, 0.4) is 0 Å². The van der Waals surface area contributed by atoms with Gasteiger partial charge in [0, 0.05) is 32.2 Å². The highest BCUT2D eigenvalue weighted by molar-refractivity contribution is 5.14. The highest BCUT2D eigenvalue weighted by Gasteiger charge is 2.25. The number of hydrogen-bond acceptors (Lipinski definition) is 4. The molecule has 4 heteroatoms. The van der Waals surface area contributed by atoms with Gasteiger partial charge in [-0.2, -0.15) is 0 Å². The molecule has 1 fully saturated rings. The van der Waals surface area contributed by atoms with Gasteiger partial charge in [0.25, 0.3) is 0 Å². The molecule has 1 heterocycles. The molecule has 0 saturated carbocycles. The molecule has 2 rings (SSSR count). The summed E-state index contributed by atoms with van der Waals surface area (Å²) >= 11 is 0. The molecule has 1 aromatic carbocycles. The molecule has 23 heavy (non-hydrogen) atoms. The van der Waals surface area contributed by atoms with Crippen molar-refractivity contribution in [2.45, 2.75) is 39.0 Å². The molecule has 1 aliphatic rings. The zero-order chi connectivity index (χ0) is 16.7. The molecule has 0 amide bonds. The second-order valence-corrected chi connectivity index (χ2v) is 7.19. The van der Waals surface area contributed by atoms with Crippen LogP contribution in [0.2, 0.25) is 0 Å². The monoisotopic (exact) mass is 320 g/mol. The fraction of sp³-hybridized carbons (Fsp3) is 0.684. The number of nitrogens with zero attached hydrogens (tertiary/aromatic N) is 2. The molecule has 0 radical (unpaired) electrons. The van der Waals surface area contributed by atoms with Gasteiger partial charge in [-0.1, -0.05) is 44.2 Å². The number of likely N-dealkylation sites (N-methyl/N-ethyl adjacent to an activating group) is 1. The van der Waals surface area contributed by atoms with Gasteiger partial charge in [0.2, 0.25) is 0 Å². The predicted molar refractivity (Wildman–Crippen MR) is 94.4 cm³/mol. The molecule has 0 aromatic heterocycles. The minimum atomic E-state index is -0.323. The average Bonchev–Trinajstić information content (AvgIpc) is 2.49. The lowest BCUT2D eigenvalue weighted by atomic mass is 10.0. The Labute approximate surface area is 141 Å². The van der Waals surface area contributed by atoms with Crippen LogP contribution in [-0.4, -0.2) is 66.9 Å². The molecule has 1 aromatic rings. The van der Waals surface area contributed by atoms with Gasteiger partial charge < -0.3 is 9.84 Å². The zero-order valence-electron chi connectivity index (χ0n) is 14.8. The Kier molecular flexibility index (Phi) is 7.50. The summed E-state index contributed by atoms with van der Waals surface area (Å²) in [5.74, 6) is 0.655. The Hall–Kier alpha value is -0.940. The van der Waals surface area contributed by atoms with Crippen LogP contribution in [0.4, 0.5) is 0 Å². The van der Waals surface area contributed by atoms with Gasteiger partial charge in [0.15, 0.2) is 0 Å². The average molecular weight is 320 g/mol. The molecular weight excluding hydrogens is 288 g/mol. The lowest BCUT2D eigenvalue weighted by molar-refractivity contribution is -0.0360. The maximum Gasteiger partial charge on any atom is 0.0793 e. The molecular formula is C19H32N2O2. The van der Waals surface area contributed by atoms with Crippen LogP contribution in [0, 0.1) is 5.92 Å². The largest absolute Gasteiger partial charge is 0.390 e. The first-order chi connectivity index (χ1) is 11.0. The Morgan fingerprint density at radius 3 is 2.74 bits per heavy atom. The van der Waals surface area contributed by atoms with Crippen LogP contribution in [0.15, 0.2) is 30.3 Å². The first-order valence-electron chi connectivity index (χ1n) is 8.77. The lowest BCUT2D eigenvalue weighted by Gasteiger charge is -2.38. The summed E-state index contributed by atoms with van der Waals surface area (Å²) in [7, 11) is 2.07. The van der Waals surface area contributed by atoms with Crippen molar-refractivity contribution in [1.29, 1.82) is 0 Å². The molecule has 1 N–H and O–H groups in total. The van der Waals surface area contributed by atoms with Gasteiger partial charge in [-0.25, -0.2) is 0 Å². The summed E-state index contributed by atoms with van der Waals surface area (Å²) in [5, 5.41) is 10.5. The third-order valence-electron chi connectivity index (χ3n) is 4.36. The van der Waals surface area contributed by atoms with E-state index in [1.165, 1.54) is 5.56 Å². The van der Waals surface area contributed by atoms with Gasteiger partial charge in [-0.3, -0.25) is 9.80 Å². The Morgan fingerprint density at radius 1 is 1.30 bits per heavy atom. The second kappa shape index (κ2) is 9.38. The van der Waals surface area contributed by atoms with E-state index in [4.69, 9.17) is 4.74 Å². The van der Waals surface area contributed by atoms with Crippen LogP contribution in [-0.2, 0) is 11.3 Å². The smallest absolute Gasteiger partial charge is 0.0793 e. The topological polar surface area (TPSA) is 35.9 Å². The lowest BCUT2D eigenvalue weighted by Crippen LogP contribution is -2.50. The molecule has 0 bridgehead atoms. The first-order valence-corrected chi connectivity index (χ1v) is 8.77. The molecule has 0 spiro atoms. The molecule has 2 atom stereocenters. The fourth-order valence-electron chi connectivity index (χ4n) is 3.34. The number of aliphatic hydroxyl groups excluding tert-OH is 1. The predicted octanol–water partition coefficient (Wildman–Crippen LogP) is 2.23. The minimum absolute atomic E-state index is 0.323. The summed E-state index contributed by atoms with van der Waals surface area (Å²) in [4.78, 5) is 4.60. The number of benzene rings is 1. The molecule has 1 aliphatic heterocycles. The third-order valence-corrected chi connectivity index (χ3v) is 4.36. The normalized spacial score (nSPS) is 21.0. The van der Waals surface area contributed by atoms with Gasteiger partial charge >= 0.3 is 0 Å². The zero-order valence-corrected chi connectivity index (χ0v) is 14.8. The van der Waals surface area contributed by atoms with Crippen LogP contribution in [0.1, 0.15) is 25.8 Å². The summed E-state index contributed by atoms with van der Waals surface area (Å²) in [5.41, 5.74) is 1.28. The van der Waals surface area contributed by atoms with Crippen LogP contribution in [0.25, 0.3) is 0 Å². The molecule has 0 aliphatic carbocycles. The van der Waals surface area contributed by atoms with Crippen molar-refractivity contribution in [3.8, 4) is 0 Å². The second-order valence-electron chi connectivity index (χ2n) is 7.19. The summed E-state index contributed by atoms with van der Waals surface area (Å²) in [6, 6.07) is 10.9. The first kappa shape index (κ1) is 18.4. The highest BCUT2D eigenvalue weighted by atomic mass is 16.5. The number of morpholine rings is 1. The number of ether oxygens (including phenoxy) is 1. The highest BCUT2D eigenvalue weighted by Crippen LogP contribution is 2.16. The van der Waals surface area contributed by atoms with Crippen molar-refractivity contribution >= 4 is 0 Å². The van der Waals surface area contributed by atoms with E-state index >= 15 is 0 Å². The number of hydrogen-bond donors (Lipinski definition) is 1. The van der Waals surface area contributed by atoms with E-state index in [-0.39, 0.29) is 6.10 Å². The van der Waals surface area contributed by atoms with Gasteiger partial charge in [0.05, 0.1) is 19.3 Å². The van der Waals surface area contributed by atoms with Crippen molar-refractivity contribution in [2.24, 2.45) is 5.92 Å². The van der Waals surface area contributed by atoms with Crippen LogP contribution < -0.4 is 0 Å². The van der Waals surface area contributed by atoms with E-state index in [2.05, 4.69) is 55.0 Å². The Balaban J connectivity index is 1.79. The van der Waals surface area contributed by atoms with Gasteiger partial charge in [-0.05, 0) is 24.9 Å². The number of β-amino-alcohol motifs (C(OH)–C–C–N with tert-alkyl or cyclic N) is 1. The van der Waals surface area contributed by atoms with E-state index in [0.717, 1.165) is 39.3 Å². The number of rotatable bonds is 8. The fourth-order valence-corrected chi connectivity index (χ4v) is 3.34. The van der Waals surface area contributed by atoms with Gasteiger partial charge in [-0.15, -0.1) is 0 Å². The van der Waals surface area contributed by atoms with E-state index < -0.39 is 0 Å². The summed E-state index contributed by atoms with van der Waals surface area (Å²) < 4.78 is 5.62. The molecule has 1 saturated heterocycles. The summed E-state index contributed by atoms with van der Waals surface area (Å²) in [6.07, 6.45) is 0.809. The van der Waals surface area contributed by atoms with Crippen molar-refractivity contribution in [3.63, 3.8) is 0 Å². The minimum Gasteiger partial charge on any atom is -0.390 e. The third kappa shape index (κ3) is 6.60. The Bertz CT molecular complexity index is 438. The molecule has 2 unspecified atom stereocenters. The molecule has 130 valence electrons. The SMILES string of the molecule is CC(C)CC1COCCN1CC(O)CN(C)Cc1ccccc1. The van der Waals surface area contributed by atoms with Crippen molar-refractivity contribution in [1.82, 2.24) is 9.80 Å². The van der Waals surface area contributed by atoms with E-state index in [1.54, 1.807) is 0 Å². The standard InChI is InChI=1S/C19H32N2O2/c1-16(2)11-18-15-23-10-9-21(18)14-19(22)13-20(3)12-17-7-5-4-6-8-17/h4-8,16,18-19,22H,9-15H2,1-3H3. The maximum atomic E-state index is 10.5. The quantitative estimate of drug-likeness (QED) is 0.797. The van der Waals surface area contributed by atoms with Crippen LogP contribution in [0.5, 0.6) is 0 Å². The number of aliphatic hydroxyl groups is 1. The van der Waals surface area contributed by atoms with E-state index in [9.17, 15) is 5.11 Å². The summed E-state index contributed by atoms with van der Waals surface area (Å²) in [6.45, 7) is 9.30. The van der Waals surface area contributed by atoms with E-state index in [0.29, 0.717) is 18.5 Å². The van der Waals surface area contributed by atoms with Crippen molar-refractivity contribution < 1.29 is 9.84 Å². The van der Waals surface area contributed by atoms with Crippen molar-refractivity contribution in [2.75, 3.05) is 39.9 Å². The maximum absolute atomic E-state index is 10.5. The van der Waals surface area contributed by atoms with Crippen LogP contribution >= 0.6 is 0 Å². The van der Waals surface area contributed by atoms with E-state index in [1.807, 2.05) is 6.07 Å². The molecule has 4 nitrogen and oxygen atoms in total. The van der Waals surface area contributed by atoms with Crippen molar-refractivity contribution in [3.05, 3.63) is 35.9 Å².